The standard InChI is InChI=1S/C13H15ClF3N3O2/c14-5-3-11(21)20-7-1-2-9(8-20)22-12-18-6-4-10(19-12)13(15,16)17/h4,6,9H,1-3,5,7-8H2. The number of rotatable bonds is 4. The number of piperidine rings is 1. The van der Waals surface area contributed by atoms with E-state index in [4.69, 9.17) is 16.3 Å². The van der Waals surface area contributed by atoms with E-state index in [1.807, 2.05) is 0 Å². The van der Waals surface area contributed by atoms with Gasteiger partial charge in [-0.3, -0.25) is 4.79 Å². The van der Waals surface area contributed by atoms with Crippen LogP contribution in [-0.2, 0) is 11.0 Å². The van der Waals surface area contributed by atoms with Crippen LogP contribution in [0.1, 0.15) is 25.0 Å². The Labute approximate surface area is 130 Å². The lowest BCUT2D eigenvalue weighted by Crippen LogP contribution is -2.44. The van der Waals surface area contributed by atoms with Crippen molar-refractivity contribution >= 4 is 17.5 Å². The fraction of sp³-hybridized carbons (Fsp3) is 0.615. The number of aromatic nitrogens is 2. The van der Waals surface area contributed by atoms with E-state index < -0.39 is 18.0 Å². The summed E-state index contributed by atoms with van der Waals surface area (Å²) < 4.78 is 43.2. The number of hydrogen-bond acceptors (Lipinski definition) is 4. The van der Waals surface area contributed by atoms with Gasteiger partial charge in [0.1, 0.15) is 6.10 Å². The largest absolute Gasteiger partial charge is 0.458 e. The van der Waals surface area contributed by atoms with Gasteiger partial charge in [-0.15, -0.1) is 11.6 Å². The summed E-state index contributed by atoms with van der Waals surface area (Å²) in [5.41, 5.74) is -1.05. The normalized spacial score (nSPS) is 19.1. The second kappa shape index (κ2) is 7.13. The number of carbonyl (C=O) groups excluding carboxylic acids is 1. The maximum absolute atomic E-state index is 12.6. The molecule has 1 amide bonds. The van der Waals surface area contributed by atoms with Crippen LogP contribution in [0, 0.1) is 0 Å². The molecule has 0 aliphatic carbocycles. The van der Waals surface area contributed by atoms with E-state index in [0.717, 1.165) is 12.3 Å². The fourth-order valence-electron chi connectivity index (χ4n) is 2.20. The number of ether oxygens (including phenoxy) is 1. The fourth-order valence-corrected chi connectivity index (χ4v) is 2.37. The average Bonchev–Trinajstić information content (AvgIpc) is 2.47. The summed E-state index contributed by atoms with van der Waals surface area (Å²) in [6, 6.07) is 0.454. The van der Waals surface area contributed by atoms with Crippen molar-refractivity contribution in [3.63, 3.8) is 0 Å². The van der Waals surface area contributed by atoms with Gasteiger partial charge in [0, 0.05) is 25.0 Å². The SMILES string of the molecule is O=C(CCCl)N1CCCC(Oc2nccc(C(F)(F)F)n2)C1. The van der Waals surface area contributed by atoms with Gasteiger partial charge < -0.3 is 9.64 Å². The van der Waals surface area contributed by atoms with Crippen LogP contribution < -0.4 is 4.74 Å². The van der Waals surface area contributed by atoms with E-state index in [-0.39, 0.29) is 24.2 Å². The highest BCUT2D eigenvalue weighted by atomic mass is 35.5. The Morgan fingerprint density at radius 2 is 2.27 bits per heavy atom. The molecule has 1 unspecified atom stereocenters. The first-order chi connectivity index (χ1) is 10.4. The minimum absolute atomic E-state index is 0.0896. The number of likely N-dealkylation sites (tertiary alicyclic amines) is 1. The molecule has 1 fully saturated rings. The van der Waals surface area contributed by atoms with Gasteiger partial charge in [-0.1, -0.05) is 0 Å². The molecule has 0 aromatic carbocycles. The summed E-state index contributed by atoms with van der Waals surface area (Å²) in [6.07, 6.45) is -2.40. The van der Waals surface area contributed by atoms with Gasteiger partial charge in [0.2, 0.25) is 5.91 Å². The van der Waals surface area contributed by atoms with E-state index in [0.29, 0.717) is 25.9 Å². The third kappa shape index (κ3) is 4.46. The van der Waals surface area contributed by atoms with E-state index in [1.165, 1.54) is 0 Å². The van der Waals surface area contributed by atoms with Crippen molar-refractivity contribution in [3.05, 3.63) is 18.0 Å². The van der Waals surface area contributed by atoms with Crippen LogP contribution in [-0.4, -0.2) is 45.8 Å². The van der Waals surface area contributed by atoms with Crippen LogP contribution in [0.25, 0.3) is 0 Å². The zero-order chi connectivity index (χ0) is 16.2. The summed E-state index contributed by atoms with van der Waals surface area (Å²) in [4.78, 5) is 20.4. The molecule has 0 radical (unpaired) electrons. The Bertz CT molecular complexity index is 527. The molecule has 1 aliphatic rings. The first-order valence-corrected chi connectivity index (χ1v) is 7.34. The second-order valence-corrected chi connectivity index (χ2v) is 5.26. The van der Waals surface area contributed by atoms with Crippen molar-refractivity contribution in [2.75, 3.05) is 19.0 Å². The van der Waals surface area contributed by atoms with Crippen LogP contribution in [0.15, 0.2) is 12.3 Å². The molecule has 0 N–H and O–H groups in total. The minimum atomic E-state index is -4.55. The molecule has 1 aromatic heterocycles. The first kappa shape index (κ1) is 16.8. The van der Waals surface area contributed by atoms with E-state index in [1.54, 1.807) is 4.90 Å². The van der Waals surface area contributed by atoms with E-state index >= 15 is 0 Å². The zero-order valence-corrected chi connectivity index (χ0v) is 12.4. The number of carbonyl (C=O) groups is 1. The van der Waals surface area contributed by atoms with Crippen LogP contribution in [0.4, 0.5) is 13.2 Å². The maximum Gasteiger partial charge on any atom is 0.433 e. The molecule has 1 saturated heterocycles. The smallest absolute Gasteiger partial charge is 0.433 e. The summed E-state index contributed by atoms with van der Waals surface area (Å²) in [6.45, 7) is 0.897. The molecule has 0 spiro atoms. The summed E-state index contributed by atoms with van der Waals surface area (Å²) in [5, 5.41) is 0. The molecule has 9 heteroatoms. The molecule has 1 aromatic rings. The monoisotopic (exact) mass is 337 g/mol. The topological polar surface area (TPSA) is 55.3 Å². The third-order valence-corrected chi connectivity index (χ3v) is 3.42. The molecular formula is C13H15ClF3N3O2. The third-order valence-electron chi connectivity index (χ3n) is 3.24. The first-order valence-electron chi connectivity index (χ1n) is 6.81. The highest BCUT2D eigenvalue weighted by Crippen LogP contribution is 2.28. The Balaban J connectivity index is 2.00. The van der Waals surface area contributed by atoms with Crippen LogP contribution in [0.2, 0.25) is 0 Å². The Hall–Kier alpha value is -1.57. The lowest BCUT2D eigenvalue weighted by molar-refractivity contribution is -0.141. The highest BCUT2D eigenvalue weighted by Gasteiger charge is 2.33. The number of halogens is 4. The van der Waals surface area contributed by atoms with Crippen molar-refractivity contribution in [2.24, 2.45) is 0 Å². The Kier molecular flexibility index (Phi) is 5.44. The van der Waals surface area contributed by atoms with Crippen LogP contribution in [0.5, 0.6) is 6.01 Å². The summed E-state index contributed by atoms with van der Waals surface area (Å²) in [7, 11) is 0. The molecule has 22 heavy (non-hydrogen) atoms. The Morgan fingerprint density at radius 3 is 2.95 bits per heavy atom. The molecule has 1 atom stereocenters. The lowest BCUT2D eigenvalue weighted by atomic mass is 10.1. The van der Waals surface area contributed by atoms with Crippen molar-refractivity contribution in [1.82, 2.24) is 14.9 Å². The molecule has 0 bridgehead atoms. The van der Waals surface area contributed by atoms with Crippen molar-refractivity contribution in [1.29, 1.82) is 0 Å². The molecule has 5 nitrogen and oxygen atoms in total. The zero-order valence-electron chi connectivity index (χ0n) is 11.6. The number of alkyl halides is 4. The molecule has 122 valence electrons. The van der Waals surface area contributed by atoms with Gasteiger partial charge in [0.25, 0.3) is 0 Å². The number of amides is 1. The van der Waals surface area contributed by atoms with Gasteiger partial charge in [-0.25, -0.2) is 4.98 Å². The number of hydrogen-bond donors (Lipinski definition) is 0. The highest BCUT2D eigenvalue weighted by molar-refractivity contribution is 6.18. The van der Waals surface area contributed by atoms with Crippen molar-refractivity contribution in [3.8, 4) is 6.01 Å². The molecular weight excluding hydrogens is 323 g/mol. The quantitative estimate of drug-likeness (QED) is 0.792. The van der Waals surface area contributed by atoms with E-state index in [9.17, 15) is 18.0 Å². The van der Waals surface area contributed by atoms with Gasteiger partial charge in [-0.05, 0) is 18.9 Å². The second-order valence-electron chi connectivity index (χ2n) is 4.88. The van der Waals surface area contributed by atoms with Crippen LogP contribution >= 0.6 is 11.6 Å². The van der Waals surface area contributed by atoms with Gasteiger partial charge in [0.15, 0.2) is 5.69 Å². The van der Waals surface area contributed by atoms with Gasteiger partial charge in [0.05, 0.1) is 6.54 Å². The van der Waals surface area contributed by atoms with E-state index in [2.05, 4.69) is 9.97 Å². The summed E-state index contributed by atoms with van der Waals surface area (Å²) in [5.74, 6) is 0.144. The summed E-state index contributed by atoms with van der Waals surface area (Å²) >= 11 is 5.54. The van der Waals surface area contributed by atoms with Gasteiger partial charge in [-0.2, -0.15) is 18.2 Å². The minimum Gasteiger partial charge on any atom is -0.458 e. The molecule has 2 heterocycles. The number of nitrogens with zero attached hydrogens (tertiary/aromatic N) is 3. The maximum atomic E-state index is 12.6. The van der Waals surface area contributed by atoms with Crippen LogP contribution in [0.3, 0.4) is 0 Å². The lowest BCUT2D eigenvalue weighted by Gasteiger charge is -2.32. The van der Waals surface area contributed by atoms with Gasteiger partial charge >= 0.3 is 12.2 Å². The molecule has 0 saturated carbocycles. The predicted molar refractivity (Wildman–Crippen MR) is 72.6 cm³/mol. The van der Waals surface area contributed by atoms with Crippen molar-refractivity contribution in [2.45, 2.75) is 31.5 Å². The Morgan fingerprint density at radius 1 is 1.50 bits per heavy atom. The predicted octanol–water partition coefficient (Wildman–Crippen LogP) is 2.49. The van der Waals surface area contributed by atoms with Crippen molar-refractivity contribution < 1.29 is 22.7 Å². The average molecular weight is 338 g/mol. The molecule has 2 rings (SSSR count). The molecule has 1 aliphatic heterocycles.